The summed E-state index contributed by atoms with van der Waals surface area (Å²) < 4.78 is 0. The molecule has 1 rings (SSSR count). The lowest BCUT2D eigenvalue weighted by Crippen LogP contribution is -2.34. The van der Waals surface area contributed by atoms with Crippen LogP contribution in [0.5, 0.6) is 0 Å². The van der Waals surface area contributed by atoms with E-state index in [0.717, 1.165) is 12.8 Å². The number of carbonyl (C=O) groups is 1. The van der Waals surface area contributed by atoms with Gasteiger partial charge in [-0.15, -0.1) is 0 Å². The molecule has 64 valence electrons. The number of amides is 1. The molecule has 0 saturated heterocycles. The summed E-state index contributed by atoms with van der Waals surface area (Å²) in [5, 5.41) is 2.70. The van der Waals surface area contributed by atoms with Crippen LogP contribution in [0.25, 0.3) is 0 Å². The molecule has 0 aromatic rings. The number of carbonyl (C=O) groups excluding carboxylic acids is 1. The van der Waals surface area contributed by atoms with Gasteiger partial charge in [0.15, 0.2) is 0 Å². The second kappa shape index (κ2) is 4.10. The largest absolute Gasteiger partial charge is 0.359 e. The number of hydrogen-bond donors (Lipinski definition) is 1. The third kappa shape index (κ3) is 2.19. The van der Waals surface area contributed by atoms with Crippen molar-refractivity contribution in [3.05, 3.63) is 0 Å². The average Bonchev–Trinajstić information content (AvgIpc) is 2.04. The molecular formula is C8H14BrNO. The topological polar surface area (TPSA) is 29.1 Å². The van der Waals surface area contributed by atoms with Gasteiger partial charge < -0.3 is 5.32 Å². The molecule has 1 saturated carbocycles. The minimum atomic E-state index is 0.187. The van der Waals surface area contributed by atoms with Gasteiger partial charge in [-0.3, -0.25) is 4.79 Å². The van der Waals surface area contributed by atoms with Crippen molar-refractivity contribution in [2.45, 2.75) is 30.5 Å². The Kier molecular flexibility index (Phi) is 3.37. The summed E-state index contributed by atoms with van der Waals surface area (Å²) in [5.74, 6) is 0.389. The van der Waals surface area contributed by atoms with Gasteiger partial charge in [-0.2, -0.15) is 0 Å². The Morgan fingerprint density at radius 3 is 2.64 bits per heavy atom. The monoisotopic (exact) mass is 219 g/mol. The molecule has 0 radical (unpaired) electrons. The fourth-order valence-corrected chi connectivity index (χ4v) is 2.39. The second-order valence-electron chi connectivity index (χ2n) is 3.02. The van der Waals surface area contributed by atoms with Crippen LogP contribution in [0.2, 0.25) is 0 Å². The molecule has 1 aliphatic carbocycles. The van der Waals surface area contributed by atoms with E-state index in [2.05, 4.69) is 21.2 Å². The molecule has 0 unspecified atom stereocenters. The molecule has 0 bridgehead atoms. The zero-order chi connectivity index (χ0) is 8.27. The highest BCUT2D eigenvalue weighted by atomic mass is 79.9. The minimum absolute atomic E-state index is 0.187. The quantitative estimate of drug-likeness (QED) is 0.669. The van der Waals surface area contributed by atoms with Gasteiger partial charge in [0, 0.05) is 11.9 Å². The van der Waals surface area contributed by atoms with E-state index in [1.54, 1.807) is 7.05 Å². The zero-order valence-corrected chi connectivity index (χ0v) is 8.36. The molecule has 0 aliphatic heterocycles. The predicted octanol–water partition coefficient (Wildman–Crippen LogP) is 1.69. The van der Waals surface area contributed by atoms with Crippen molar-refractivity contribution in [3.8, 4) is 0 Å². The van der Waals surface area contributed by atoms with E-state index >= 15 is 0 Å². The van der Waals surface area contributed by atoms with Crippen LogP contribution in [0.4, 0.5) is 0 Å². The van der Waals surface area contributed by atoms with Crippen LogP contribution >= 0.6 is 15.9 Å². The van der Waals surface area contributed by atoms with Crippen LogP contribution in [0, 0.1) is 5.92 Å². The molecule has 0 aromatic heterocycles. The Morgan fingerprint density at radius 2 is 2.09 bits per heavy atom. The molecule has 0 heterocycles. The molecule has 2 atom stereocenters. The molecule has 1 amide bonds. The Labute approximate surface area is 75.9 Å². The van der Waals surface area contributed by atoms with Gasteiger partial charge >= 0.3 is 0 Å². The third-order valence-electron chi connectivity index (χ3n) is 2.26. The molecular weight excluding hydrogens is 206 g/mol. The van der Waals surface area contributed by atoms with Crippen molar-refractivity contribution in [2.24, 2.45) is 5.92 Å². The van der Waals surface area contributed by atoms with Gasteiger partial charge in [0.05, 0.1) is 5.92 Å². The number of halogens is 1. The highest BCUT2D eigenvalue weighted by Gasteiger charge is 2.27. The van der Waals surface area contributed by atoms with E-state index in [4.69, 9.17) is 0 Å². The number of alkyl halides is 1. The van der Waals surface area contributed by atoms with Gasteiger partial charge in [0.2, 0.25) is 5.91 Å². The SMILES string of the molecule is CNC(=O)[C@@H]1CCCC[C@H]1Br. The van der Waals surface area contributed by atoms with Gasteiger partial charge in [-0.05, 0) is 12.8 Å². The first-order valence-electron chi connectivity index (χ1n) is 4.11. The maximum Gasteiger partial charge on any atom is 0.223 e. The van der Waals surface area contributed by atoms with E-state index in [9.17, 15) is 4.79 Å². The molecule has 1 fully saturated rings. The molecule has 0 aromatic carbocycles. The van der Waals surface area contributed by atoms with E-state index < -0.39 is 0 Å². The molecule has 2 nitrogen and oxygen atoms in total. The Balaban J connectivity index is 2.47. The number of rotatable bonds is 1. The normalized spacial score (nSPS) is 31.5. The minimum Gasteiger partial charge on any atom is -0.359 e. The van der Waals surface area contributed by atoms with Crippen molar-refractivity contribution in [3.63, 3.8) is 0 Å². The molecule has 11 heavy (non-hydrogen) atoms. The lowest BCUT2D eigenvalue weighted by atomic mass is 9.88. The summed E-state index contributed by atoms with van der Waals surface area (Å²) in [7, 11) is 1.71. The lowest BCUT2D eigenvalue weighted by Gasteiger charge is -2.25. The van der Waals surface area contributed by atoms with Crippen LogP contribution in [-0.2, 0) is 4.79 Å². The highest BCUT2D eigenvalue weighted by molar-refractivity contribution is 9.09. The average molecular weight is 220 g/mol. The van der Waals surface area contributed by atoms with Gasteiger partial charge in [-0.1, -0.05) is 28.8 Å². The Hall–Kier alpha value is -0.0500. The summed E-state index contributed by atoms with van der Waals surface area (Å²) in [6, 6.07) is 0. The van der Waals surface area contributed by atoms with Crippen molar-refractivity contribution in [1.29, 1.82) is 0 Å². The van der Waals surface area contributed by atoms with Crippen LogP contribution in [0.15, 0.2) is 0 Å². The first-order chi connectivity index (χ1) is 5.25. The van der Waals surface area contributed by atoms with Crippen LogP contribution in [0.3, 0.4) is 0 Å². The van der Waals surface area contributed by atoms with Crippen LogP contribution in [-0.4, -0.2) is 17.8 Å². The van der Waals surface area contributed by atoms with Crippen LogP contribution in [0.1, 0.15) is 25.7 Å². The summed E-state index contributed by atoms with van der Waals surface area (Å²) in [5.41, 5.74) is 0. The number of nitrogens with one attached hydrogen (secondary N) is 1. The Bertz CT molecular complexity index is 149. The second-order valence-corrected chi connectivity index (χ2v) is 4.20. The molecule has 1 aliphatic rings. The molecule has 3 heteroatoms. The predicted molar refractivity (Wildman–Crippen MR) is 48.7 cm³/mol. The first-order valence-corrected chi connectivity index (χ1v) is 5.03. The van der Waals surface area contributed by atoms with Crippen molar-refractivity contribution in [1.82, 2.24) is 5.32 Å². The van der Waals surface area contributed by atoms with E-state index in [1.807, 2.05) is 0 Å². The van der Waals surface area contributed by atoms with Crippen molar-refractivity contribution >= 4 is 21.8 Å². The Morgan fingerprint density at radius 1 is 1.45 bits per heavy atom. The smallest absolute Gasteiger partial charge is 0.223 e. The number of hydrogen-bond acceptors (Lipinski definition) is 1. The van der Waals surface area contributed by atoms with E-state index in [1.165, 1.54) is 12.8 Å². The van der Waals surface area contributed by atoms with E-state index in [0.29, 0.717) is 4.83 Å². The maximum absolute atomic E-state index is 11.2. The van der Waals surface area contributed by atoms with Crippen LogP contribution < -0.4 is 5.32 Å². The van der Waals surface area contributed by atoms with E-state index in [-0.39, 0.29) is 11.8 Å². The van der Waals surface area contributed by atoms with Crippen molar-refractivity contribution in [2.75, 3.05) is 7.05 Å². The third-order valence-corrected chi connectivity index (χ3v) is 3.36. The summed E-state index contributed by atoms with van der Waals surface area (Å²) in [6.45, 7) is 0. The molecule has 1 N–H and O–H groups in total. The van der Waals surface area contributed by atoms with Gasteiger partial charge in [0.25, 0.3) is 0 Å². The lowest BCUT2D eigenvalue weighted by molar-refractivity contribution is -0.125. The maximum atomic E-state index is 11.2. The summed E-state index contributed by atoms with van der Waals surface area (Å²) >= 11 is 3.54. The fraction of sp³-hybridized carbons (Fsp3) is 0.875. The van der Waals surface area contributed by atoms with Crippen molar-refractivity contribution < 1.29 is 4.79 Å². The summed E-state index contributed by atoms with van der Waals surface area (Å²) in [6.07, 6.45) is 4.62. The first kappa shape index (κ1) is 9.04. The zero-order valence-electron chi connectivity index (χ0n) is 6.77. The highest BCUT2D eigenvalue weighted by Crippen LogP contribution is 2.29. The van der Waals surface area contributed by atoms with Gasteiger partial charge in [-0.25, -0.2) is 0 Å². The summed E-state index contributed by atoms with van der Waals surface area (Å²) in [4.78, 5) is 11.6. The van der Waals surface area contributed by atoms with Gasteiger partial charge in [0.1, 0.15) is 0 Å². The fourth-order valence-electron chi connectivity index (χ4n) is 1.57. The standard InChI is InChI=1S/C8H14BrNO/c1-10-8(11)6-4-2-3-5-7(6)9/h6-7H,2-5H2,1H3,(H,10,11)/t6-,7-/m1/s1. The molecule has 0 spiro atoms.